The number of aryl methyl sites for hydroxylation is 1. The molecule has 0 fully saturated rings. The van der Waals surface area contributed by atoms with Crippen LogP contribution in [-0.4, -0.2) is 11.2 Å². The first-order valence-electron chi connectivity index (χ1n) is 4.36. The molecule has 0 amide bonds. The standard InChI is InChI=1S/C9H12BrFN2O/c10-7-5-13(4-2-1-3-11)6-8(12)9(7)14/h5-6H,1-4,12H2. The third-order valence-electron chi connectivity index (χ3n) is 1.86. The Kier molecular flexibility index (Phi) is 4.13. The van der Waals surface area contributed by atoms with Crippen LogP contribution in [0.1, 0.15) is 12.8 Å². The predicted octanol–water partition coefficient (Wildman–Crippen LogP) is 1.94. The quantitative estimate of drug-likeness (QED) is 0.844. The first-order chi connectivity index (χ1) is 6.65. The van der Waals surface area contributed by atoms with Crippen LogP contribution < -0.4 is 11.2 Å². The number of nitrogens with zero attached hydrogens (tertiary/aromatic N) is 1. The average molecular weight is 263 g/mol. The number of unbranched alkanes of at least 4 members (excludes halogenated alkanes) is 1. The van der Waals surface area contributed by atoms with Crippen LogP contribution in [0.3, 0.4) is 0 Å². The largest absolute Gasteiger partial charge is 0.394 e. The highest BCUT2D eigenvalue weighted by Gasteiger charge is 2.01. The van der Waals surface area contributed by atoms with Crippen molar-refractivity contribution < 1.29 is 4.39 Å². The molecule has 1 heterocycles. The number of alkyl halides is 1. The van der Waals surface area contributed by atoms with E-state index in [1.807, 2.05) is 0 Å². The molecule has 0 unspecified atom stereocenters. The van der Waals surface area contributed by atoms with E-state index < -0.39 is 0 Å². The van der Waals surface area contributed by atoms with Crippen molar-refractivity contribution in [1.82, 2.24) is 4.57 Å². The highest BCUT2D eigenvalue weighted by Crippen LogP contribution is 2.07. The molecule has 0 bridgehead atoms. The smallest absolute Gasteiger partial charge is 0.218 e. The van der Waals surface area contributed by atoms with E-state index in [0.717, 1.165) is 6.42 Å². The van der Waals surface area contributed by atoms with Crippen molar-refractivity contribution in [3.05, 3.63) is 27.1 Å². The van der Waals surface area contributed by atoms with Gasteiger partial charge in [-0.3, -0.25) is 9.18 Å². The summed E-state index contributed by atoms with van der Waals surface area (Å²) in [6.45, 7) is 0.365. The van der Waals surface area contributed by atoms with E-state index in [1.54, 1.807) is 17.0 Å². The maximum absolute atomic E-state index is 11.8. The summed E-state index contributed by atoms with van der Waals surface area (Å²) in [5.41, 5.74) is 5.49. The van der Waals surface area contributed by atoms with Crippen molar-refractivity contribution in [1.29, 1.82) is 0 Å². The summed E-state index contributed by atoms with van der Waals surface area (Å²) >= 11 is 3.12. The van der Waals surface area contributed by atoms with Crippen LogP contribution in [0.4, 0.5) is 10.1 Å². The van der Waals surface area contributed by atoms with E-state index >= 15 is 0 Å². The second-order valence-electron chi connectivity index (χ2n) is 3.02. The zero-order valence-electron chi connectivity index (χ0n) is 7.67. The Morgan fingerprint density at radius 3 is 2.71 bits per heavy atom. The zero-order chi connectivity index (χ0) is 10.6. The Labute approximate surface area is 89.9 Å². The van der Waals surface area contributed by atoms with Crippen molar-refractivity contribution in [3.63, 3.8) is 0 Å². The molecular formula is C9H12BrFN2O. The SMILES string of the molecule is Nc1cn(CCCCF)cc(Br)c1=O. The third-order valence-corrected chi connectivity index (χ3v) is 2.43. The van der Waals surface area contributed by atoms with Gasteiger partial charge in [-0.2, -0.15) is 0 Å². The molecule has 0 saturated carbocycles. The molecule has 0 radical (unpaired) electrons. The highest BCUT2D eigenvalue weighted by molar-refractivity contribution is 9.10. The summed E-state index contributed by atoms with van der Waals surface area (Å²) in [5.74, 6) is 0. The lowest BCUT2D eigenvalue weighted by atomic mass is 10.3. The number of nitrogen functional groups attached to an aromatic ring is 1. The molecule has 0 saturated heterocycles. The molecular weight excluding hydrogens is 251 g/mol. The topological polar surface area (TPSA) is 48.0 Å². The van der Waals surface area contributed by atoms with E-state index in [4.69, 9.17) is 5.73 Å². The molecule has 2 N–H and O–H groups in total. The molecule has 0 aliphatic rings. The van der Waals surface area contributed by atoms with Gasteiger partial charge in [-0.25, -0.2) is 0 Å². The van der Waals surface area contributed by atoms with Gasteiger partial charge >= 0.3 is 0 Å². The molecule has 0 atom stereocenters. The monoisotopic (exact) mass is 262 g/mol. The van der Waals surface area contributed by atoms with Gasteiger partial charge in [0.15, 0.2) is 0 Å². The van der Waals surface area contributed by atoms with Crippen LogP contribution >= 0.6 is 15.9 Å². The van der Waals surface area contributed by atoms with Crippen LogP contribution in [0.25, 0.3) is 0 Å². The summed E-state index contributed by atoms with van der Waals surface area (Å²) < 4.78 is 14.1. The fraction of sp³-hybridized carbons (Fsp3) is 0.444. The van der Waals surface area contributed by atoms with Gasteiger partial charge in [0.25, 0.3) is 0 Å². The van der Waals surface area contributed by atoms with Crippen LogP contribution in [0, 0.1) is 0 Å². The number of halogens is 2. The molecule has 0 spiro atoms. The third kappa shape index (κ3) is 2.83. The van der Waals surface area contributed by atoms with Gasteiger partial charge in [0.2, 0.25) is 5.43 Å². The van der Waals surface area contributed by atoms with Gasteiger partial charge in [-0.15, -0.1) is 0 Å². The van der Waals surface area contributed by atoms with Crippen molar-refractivity contribution in [2.45, 2.75) is 19.4 Å². The van der Waals surface area contributed by atoms with E-state index in [1.165, 1.54) is 0 Å². The predicted molar refractivity (Wildman–Crippen MR) is 58.0 cm³/mol. The van der Waals surface area contributed by atoms with Gasteiger partial charge in [-0.05, 0) is 28.8 Å². The lowest BCUT2D eigenvalue weighted by Gasteiger charge is -2.06. The number of aromatic nitrogens is 1. The highest BCUT2D eigenvalue weighted by atomic mass is 79.9. The number of hydrogen-bond donors (Lipinski definition) is 1. The molecule has 14 heavy (non-hydrogen) atoms. The second kappa shape index (κ2) is 5.14. The van der Waals surface area contributed by atoms with Crippen molar-refractivity contribution in [3.8, 4) is 0 Å². The number of pyridine rings is 1. The zero-order valence-corrected chi connectivity index (χ0v) is 9.26. The Bertz CT molecular complexity index is 338. The molecule has 1 aromatic rings. The Hall–Kier alpha value is -0.840. The minimum atomic E-state index is -0.309. The minimum absolute atomic E-state index is 0.202. The fourth-order valence-corrected chi connectivity index (χ4v) is 1.63. The molecule has 3 nitrogen and oxygen atoms in total. The lowest BCUT2D eigenvalue weighted by Crippen LogP contribution is -2.13. The van der Waals surface area contributed by atoms with Crippen LogP contribution in [0.5, 0.6) is 0 Å². The second-order valence-corrected chi connectivity index (χ2v) is 3.88. The Morgan fingerprint density at radius 2 is 2.14 bits per heavy atom. The van der Waals surface area contributed by atoms with Gasteiger partial charge in [0.05, 0.1) is 16.8 Å². The van der Waals surface area contributed by atoms with E-state index in [0.29, 0.717) is 17.4 Å². The maximum atomic E-state index is 11.8. The summed E-state index contributed by atoms with van der Waals surface area (Å²) in [4.78, 5) is 11.2. The normalized spacial score (nSPS) is 10.4. The van der Waals surface area contributed by atoms with Crippen molar-refractivity contribution in [2.75, 3.05) is 12.4 Å². The van der Waals surface area contributed by atoms with Gasteiger partial charge in [0.1, 0.15) is 0 Å². The Balaban J connectivity index is 2.74. The number of rotatable bonds is 4. The first kappa shape index (κ1) is 11.2. The van der Waals surface area contributed by atoms with Crippen LogP contribution in [-0.2, 0) is 6.54 Å². The average Bonchev–Trinajstić information content (AvgIpc) is 2.14. The Morgan fingerprint density at radius 1 is 1.43 bits per heavy atom. The van der Waals surface area contributed by atoms with Gasteiger partial charge < -0.3 is 10.3 Å². The van der Waals surface area contributed by atoms with Crippen molar-refractivity contribution >= 4 is 21.6 Å². The first-order valence-corrected chi connectivity index (χ1v) is 5.15. The fourth-order valence-electron chi connectivity index (χ4n) is 1.13. The van der Waals surface area contributed by atoms with Gasteiger partial charge in [-0.1, -0.05) is 0 Å². The lowest BCUT2D eigenvalue weighted by molar-refractivity contribution is 0.447. The summed E-state index contributed by atoms with van der Waals surface area (Å²) in [5, 5.41) is 0. The molecule has 1 aromatic heterocycles. The summed E-state index contributed by atoms with van der Waals surface area (Å²) in [6.07, 6.45) is 4.51. The minimum Gasteiger partial charge on any atom is -0.394 e. The van der Waals surface area contributed by atoms with Crippen LogP contribution in [0.15, 0.2) is 21.7 Å². The number of hydrogen-bond acceptors (Lipinski definition) is 2. The summed E-state index contributed by atoms with van der Waals surface area (Å²) in [6, 6.07) is 0. The number of anilines is 1. The van der Waals surface area contributed by atoms with E-state index in [-0.39, 0.29) is 17.8 Å². The van der Waals surface area contributed by atoms with E-state index in [9.17, 15) is 9.18 Å². The maximum Gasteiger partial charge on any atom is 0.218 e. The van der Waals surface area contributed by atoms with Gasteiger partial charge in [0, 0.05) is 18.9 Å². The molecule has 0 aliphatic heterocycles. The number of nitrogens with two attached hydrogens (primary N) is 1. The van der Waals surface area contributed by atoms with E-state index in [2.05, 4.69) is 15.9 Å². The summed E-state index contributed by atoms with van der Waals surface area (Å²) in [7, 11) is 0. The molecule has 1 rings (SSSR count). The molecule has 78 valence electrons. The molecule has 5 heteroatoms. The molecule has 0 aliphatic carbocycles. The van der Waals surface area contributed by atoms with Crippen molar-refractivity contribution in [2.24, 2.45) is 0 Å². The van der Waals surface area contributed by atoms with Crippen LogP contribution in [0.2, 0.25) is 0 Å². The molecule has 0 aromatic carbocycles.